The van der Waals surface area contributed by atoms with Crippen LogP contribution in [0.5, 0.6) is 0 Å². The fourth-order valence-corrected chi connectivity index (χ4v) is 5.01. The number of nitrogens with zero attached hydrogens (tertiary/aromatic N) is 1. The van der Waals surface area contributed by atoms with Crippen LogP contribution in [0.15, 0.2) is 52.0 Å². The molecule has 1 aliphatic rings. The van der Waals surface area contributed by atoms with Crippen molar-refractivity contribution in [1.29, 1.82) is 0 Å². The van der Waals surface area contributed by atoms with Gasteiger partial charge in [-0.2, -0.15) is 0 Å². The summed E-state index contributed by atoms with van der Waals surface area (Å²) in [4.78, 5) is 19.8. The molecule has 0 saturated carbocycles. The second-order valence-corrected chi connectivity index (χ2v) is 8.41. The third kappa shape index (κ3) is 4.02. The van der Waals surface area contributed by atoms with E-state index >= 15 is 0 Å². The van der Waals surface area contributed by atoms with Gasteiger partial charge in [0.15, 0.2) is 10.9 Å². The van der Waals surface area contributed by atoms with Crippen molar-refractivity contribution >= 4 is 34.1 Å². The summed E-state index contributed by atoms with van der Waals surface area (Å²) in [5, 5.41) is 3.61. The molecule has 1 aromatic carbocycles. The molecule has 4 rings (SSSR count). The molecule has 3 aromatic rings. The molecule has 0 aliphatic heterocycles. The Hall–Kier alpha value is -2.05. The van der Waals surface area contributed by atoms with Crippen LogP contribution in [0.1, 0.15) is 46.0 Å². The topological polar surface area (TPSA) is 55.1 Å². The highest BCUT2D eigenvalue weighted by atomic mass is 32.2. The quantitative estimate of drug-likeness (QED) is 0.463. The SMILES string of the molecule is O=C(Nc1nc2c(s1)CCCCC2)c1occc1CSc1ccccc1. The van der Waals surface area contributed by atoms with Gasteiger partial charge in [-0.25, -0.2) is 4.98 Å². The number of carbonyl (C=O) groups is 1. The summed E-state index contributed by atoms with van der Waals surface area (Å²) in [5.74, 6) is 0.846. The van der Waals surface area contributed by atoms with Gasteiger partial charge in [0.1, 0.15) is 0 Å². The molecule has 26 heavy (non-hydrogen) atoms. The number of carbonyl (C=O) groups excluding carboxylic acids is 1. The van der Waals surface area contributed by atoms with Crippen LogP contribution in [-0.2, 0) is 18.6 Å². The van der Waals surface area contributed by atoms with Crippen molar-refractivity contribution in [1.82, 2.24) is 4.98 Å². The van der Waals surface area contributed by atoms with E-state index in [9.17, 15) is 4.79 Å². The number of furan rings is 1. The molecule has 2 aromatic heterocycles. The van der Waals surface area contributed by atoms with Crippen LogP contribution in [-0.4, -0.2) is 10.9 Å². The number of nitrogens with one attached hydrogen (secondary N) is 1. The van der Waals surface area contributed by atoms with Crippen molar-refractivity contribution in [3.63, 3.8) is 0 Å². The van der Waals surface area contributed by atoms with E-state index in [4.69, 9.17) is 4.42 Å². The van der Waals surface area contributed by atoms with E-state index in [1.54, 1.807) is 29.4 Å². The maximum absolute atomic E-state index is 12.6. The minimum absolute atomic E-state index is 0.220. The average Bonchev–Trinajstić information content (AvgIpc) is 3.22. The fourth-order valence-electron chi connectivity index (χ4n) is 3.06. The van der Waals surface area contributed by atoms with Gasteiger partial charge in [-0.05, 0) is 43.9 Å². The number of hydrogen-bond donors (Lipinski definition) is 1. The molecule has 1 N–H and O–H groups in total. The monoisotopic (exact) mass is 384 g/mol. The predicted molar refractivity (Wildman–Crippen MR) is 106 cm³/mol. The first-order valence-corrected chi connectivity index (χ1v) is 10.6. The number of benzene rings is 1. The standard InChI is InChI=1S/C20H20N2O2S2/c23-19(22-20-21-16-9-5-2-6-10-17(16)26-20)18-14(11-12-24-18)13-25-15-7-3-1-4-8-15/h1,3-4,7-8,11-12H,2,5-6,9-10,13H2,(H,21,22,23). The summed E-state index contributed by atoms with van der Waals surface area (Å²) in [6.45, 7) is 0. The van der Waals surface area contributed by atoms with E-state index in [0.29, 0.717) is 16.6 Å². The molecule has 0 fully saturated rings. The second kappa shape index (κ2) is 8.10. The average molecular weight is 385 g/mol. The number of thiazole rings is 1. The van der Waals surface area contributed by atoms with Gasteiger partial charge in [0.2, 0.25) is 0 Å². The lowest BCUT2D eigenvalue weighted by Gasteiger charge is -2.03. The molecule has 0 unspecified atom stereocenters. The summed E-state index contributed by atoms with van der Waals surface area (Å²) in [7, 11) is 0. The molecule has 0 atom stereocenters. The van der Waals surface area contributed by atoms with Crippen molar-refractivity contribution in [3.8, 4) is 0 Å². The number of fused-ring (bicyclic) bond motifs is 1. The zero-order chi connectivity index (χ0) is 17.8. The highest BCUT2D eigenvalue weighted by Gasteiger charge is 2.19. The van der Waals surface area contributed by atoms with Crippen molar-refractivity contribution in [2.45, 2.75) is 42.8 Å². The van der Waals surface area contributed by atoms with E-state index in [0.717, 1.165) is 24.1 Å². The van der Waals surface area contributed by atoms with Gasteiger partial charge >= 0.3 is 0 Å². The highest BCUT2D eigenvalue weighted by molar-refractivity contribution is 7.98. The number of aromatic nitrogens is 1. The van der Waals surface area contributed by atoms with Gasteiger partial charge in [-0.3, -0.25) is 10.1 Å². The Kier molecular flexibility index (Phi) is 5.41. The maximum Gasteiger partial charge on any atom is 0.293 e. The summed E-state index contributed by atoms with van der Waals surface area (Å²) in [5.41, 5.74) is 2.05. The minimum Gasteiger partial charge on any atom is -0.459 e. The van der Waals surface area contributed by atoms with Gasteiger partial charge < -0.3 is 4.42 Å². The second-order valence-electron chi connectivity index (χ2n) is 6.28. The summed E-state index contributed by atoms with van der Waals surface area (Å²) >= 11 is 3.29. The summed E-state index contributed by atoms with van der Waals surface area (Å²) in [6.07, 6.45) is 7.32. The summed E-state index contributed by atoms with van der Waals surface area (Å²) < 4.78 is 5.46. The van der Waals surface area contributed by atoms with Crippen molar-refractivity contribution in [2.75, 3.05) is 5.32 Å². The largest absolute Gasteiger partial charge is 0.459 e. The molecule has 1 aliphatic carbocycles. The Balaban J connectivity index is 1.43. The normalized spacial score (nSPS) is 13.8. The predicted octanol–water partition coefficient (Wildman–Crippen LogP) is 5.55. The van der Waals surface area contributed by atoms with Crippen molar-refractivity contribution in [2.24, 2.45) is 0 Å². The molecule has 0 radical (unpaired) electrons. The third-order valence-electron chi connectivity index (χ3n) is 4.41. The first-order chi connectivity index (χ1) is 12.8. The third-order valence-corrected chi connectivity index (χ3v) is 6.54. The lowest BCUT2D eigenvalue weighted by Crippen LogP contribution is -2.12. The molecule has 6 heteroatoms. The maximum atomic E-state index is 12.6. The number of thioether (sulfide) groups is 1. The van der Waals surface area contributed by atoms with Crippen LogP contribution < -0.4 is 5.32 Å². The number of rotatable bonds is 5. The highest BCUT2D eigenvalue weighted by Crippen LogP contribution is 2.30. The molecule has 0 bridgehead atoms. The number of anilines is 1. The van der Waals surface area contributed by atoms with Crippen LogP contribution in [0.3, 0.4) is 0 Å². The molecule has 134 valence electrons. The first-order valence-electron chi connectivity index (χ1n) is 8.84. The van der Waals surface area contributed by atoms with E-state index in [2.05, 4.69) is 22.4 Å². The molecule has 1 amide bonds. The van der Waals surface area contributed by atoms with E-state index in [-0.39, 0.29) is 5.91 Å². The van der Waals surface area contributed by atoms with Crippen LogP contribution >= 0.6 is 23.1 Å². The molecule has 2 heterocycles. The van der Waals surface area contributed by atoms with Gasteiger partial charge in [0.05, 0.1) is 12.0 Å². The molecule has 0 saturated heterocycles. The number of hydrogen-bond acceptors (Lipinski definition) is 5. The lowest BCUT2D eigenvalue weighted by molar-refractivity contribution is 0.0995. The molecular formula is C20H20N2O2S2. The first kappa shape index (κ1) is 17.4. The Labute approximate surface area is 161 Å². The van der Waals surface area contributed by atoms with E-state index < -0.39 is 0 Å². The van der Waals surface area contributed by atoms with Crippen LogP contribution in [0.25, 0.3) is 0 Å². The Morgan fingerprint density at radius 1 is 1.15 bits per heavy atom. The fraction of sp³-hybridized carbons (Fsp3) is 0.300. The van der Waals surface area contributed by atoms with Gasteiger partial charge in [-0.1, -0.05) is 24.6 Å². The molecular weight excluding hydrogens is 364 g/mol. The van der Waals surface area contributed by atoms with E-state index in [1.807, 2.05) is 24.3 Å². The van der Waals surface area contributed by atoms with Crippen LogP contribution in [0.4, 0.5) is 5.13 Å². The Morgan fingerprint density at radius 3 is 2.88 bits per heavy atom. The van der Waals surface area contributed by atoms with Crippen molar-refractivity contribution < 1.29 is 9.21 Å². The van der Waals surface area contributed by atoms with Crippen LogP contribution in [0, 0.1) is 0 Å². The summed E-state index contributed by atoms with van der Waals surface area (Å²) in [6, 6.07) is 12.0. The zero-order valence-corrected chi connectivity index (χ0v) is 16.0. The molecule has 4 nitrogen and oxygen atoms in total. The Morgan fingerprint density at radius 2 is 2.00 bits per heavy atom. The van der Waals surface area contributed by atoms with E-state index in [1.165, 1.54) is 29.0 Å². The van der Waals surface area contributed by atoms with Gasteiger partial charge in [-0.15, -0.1) is 23.1 Å². The smallest absolute Gasteiger partial charge is 0.293 e. The Bertz CT molecular complexity index is 863. The number of amides is 1. The zero-order valence-electron chi connectivity index (χ0n) is 14.4. The van der Waals surface area contributed by atoms with Gasteiger partial charge in [0.25, 0.3) is 5.91 Å². The van der Waals surface area contributed by atoms with Crippen LogP contribution in [0.2, 0.25) is 0 Å². The minimum atomic E-state index is -0.220. The van der Waals surface area contributed by atoms with Crippen molar-refractivity contribution in [3.05, 3.63) is 64.6 Å². The lowest BCUT2D eigenvalue weighted by atomic mass is 10.2. The molecule has 0 spiro atoms. The van der Waals surface area contributed by atoms with Gasteiger partial charge in [0, 0.05) is 21.1 Å². The number of aryl methyl sites for hydroxylation is 2.